The Hall–Kier alpha value is -2.31. The van der Waals surface area contributed by atoms with Gasteiger partial charge in [0.05, 0.1) is 0 Å². The highest BCUT2D eigenvalue weighted by Crippen LogP contribution is 2.32. The van der Waals surface area contributed by atoms with E-state index in [-0.39, 0.29) is 0 Å². The summed E-state index contributed by atoms with van der Waals surface area (Å²) in [6.45, 7) is 0. The summed E-state index contributed by atoms with van der Waals surface area (Å²) in [5.41, 5.74) is 5.31. The second-order valence-electron chi connectivity index (χ2n) is 6.23. The number of halogens is 1. The van der Waals surface area contributed by atoms with E-state index in [9.17, 15) is 0 Å². The lowest BCUT2D eigenvalue weighted by Gasteiger charge is -2.21. The van der Waals surface area contributed by atoms with Crippen LogP contribution >= 0.6 is 11.6 Å². The summed E-state index contributed by atoms with van der Waals surface area (Å²) in [6, 6.07) is 31.9. The van der Waals surface area contributed by atoms with E-state index in [1.807, 2.05) is 0 Å². The minimum absolute atomic E-state index is 0.333. The molecule has 0 aliphatic carbocycles. The summed E-state index contributed by atoms with van der Waals surface area (Å²) in [4.78, 5) is 0. The zero-order valence-electron chi connectivity index (χ0n) is 14.3. The molecule has 0 spiro atoms. The smallest absolute Gasteiger partial charge is 0.0232 e. The van der Waals surface area contributed by atoms with E-state index in [1.54, 1.807) is 0 Å². The highest BCUT2D eigenvalue weighted by Gasteiger charge is 2.17. The Morgan fingerprint density at radius 1 is 0.760 bits per heavy atom. The zero-order chi connectivity index (χ0) is 17.3. The van der Waals surface area contributed by atoms with Crippen LogP contribution in [0, 0.1) is 0 Å². The molecule has 3 rings (SSSR count). The van der Waals surface area contributed by atoms with Gasteiger partial charge in [-0.15, -0.1) is 11.6 Å². The Balaban J connectivity index is 2.00. The minimum Gasteiger partial charge on any atom is -0.127 e. The van der Waals surface area contributed by atoms with Gasteiger partial charge in [0.25, 0.3) is 0 Å². The van der Waals surface area contributed by atoms with Gasteiger partial charge in [0.2, 0.25) is 0 Å². The summed E-state index contributed by atoms with van der Waals surface area (Å²) in [5.74, 6) is 0.986. The molecule has 3 aromatic rings. The summed E-state index contributed by atoms with van der Waals surface area (Å²) < 4.78 is 0. The highest BCUT2D eigenvalue weighted by molar-refractivity contribution is 6.17. The van der Waals surface area contributed by atoms with Crippen LogP contribution in [0.25, 0.3) is 6.08 Å². The van der Waals surface area contributed by atoms with Crippen molar-refractivity contribution in [2.75, 3.05) is 5.88 Å². The molecule has 0 bridgehead atoms. The topological polar surface area (TPSA) is 0 Å². The number of benzene rings is 3. The fourth-order valence-corrected chi connectivity index (χ4v) is 3.45. The van der Waals surface area contributed by atoms with E-state index in [2.05, 4.69) is 97.1 Å². The molecule has 0 aliphatic rings. The number of allylic oxidation sites excluding steroid dienone is 1. The molecule has 3 aromatic carbocycles. The van der Waals surface area contributed by atoms with Crippen molar-refractivity contribution in [1.82, 2.24) is 0 Å². The number of alkyl halides is 1. The summed E-state index contributed by atoms with van der Waals surface area (Å²) in [7, 11) is 0. The van der Waals surface area contributed by atoms with Crippen LogP contribution in [0.3, 0.4) is 0 Å². The molecule has 0 aromatic heterocycles. The largest absolute Gasteiger partial charge is 0.127 e. The van der Waals surface area contributed by atoms with Gasteiger partial charge in [0, 0.05) is 11.8 Å². The van der Waals surface area contributed by atoms with Gasteiger partial charge in [-0.2, -0.15) is 0 Å². The first-order chi connectivity index (χ1) is 12.4. The standard InChI is InChI=1S/C24H23Cl/c25-17-16-24(22-14-8-3-9-15-22)23(18-20-10-4-1-5-11-20)19-21-12-6-2-7-13-21/h1-15,18,24H,16-17,19H2/b23-18-. The second kappa shape index (κ2) is 9.25. The van der Waals surface area contributed by atoms with E-state index < -0.39 is 0 Å². The maximum Gasteiger partial charge on any atom is 0.0232 e. The van der Waals surface area contributed by atoms with Crippen molar-refractivity contribution in [2.24, 2.45) is 0 Å². The first kappa shape index (κ1) is 17.5. The minimum atomic E-state index is 0.333. The quantitative estimate of drug-likeness (QED) is 0.416. The molecule has 126 valence electrons. The normalized spacial score (nSPS) is 12.8. The molecule has 0 fully saturated rings. The lowest BCUT2D eigenvalue weighted by Crippen LogP contribution is -2.06. The molecule has 0 heterocycles. The van der Waals surface area contributed by atoms with Crippen LogP contribution in [-0.4, -0.2) is 5.88 Å². The fraction of sp³-hybridized carbons (Fsp3) is 0.167. The van der Waals surface area contributed by atoms with Gasteiger partial charge >= 0.3 is 0 Å². The Morgan fingerprint density at radius 3 is 1.92 bits per heavy atom. The van der Waals surface area contributed by atoms with Crippen molar-refractivity contribution in [3.05, 3.63) is 113 Å². The third-order valence-corrected chi connectivity index (χ3v) is 4.67. The Kier molecular flexibility index (Phi) is 6.48. The number of hydrogen-bond acceptors (Lipinski definition) is 0. The maximum atomic E-state index is 6.17. The van der Waals surface area contributed by atoms with E-state index >= 15 is 0 Å². The maximum absolute atomic E-state index is 6.17. The summed E-state index contributed by atoms with van der Waals surface area (Å²) in [5, 5.41) is 0. The first-order valence-corrected chi connectivity index (χ1v) is 9.30. The summed E-state index contributed by atoms with van der Waals surface area (Å²) >= 11 is 6.17. The van der Waals surface area contributed by atoms with Gasteiger partial charge in [-0.3, -0.25) is 0 Å². The molecule has 1 atom stereocenters. The van der Waals surface area contributed by atoms with Crippen molar-refractivity contribution in [2.45, 2.75) is 18.8 Å². The predicted molar refractivity (Wildman–Crippen MR) is 109 cm³/mol. The van der Waals surface area contributed by atoms with Gasteiger partial charge in [-0.25, -0.2) is 0 Å². The zero-order valence-corrected chi connectivity index (χ0v) is 15.1. The second-order valence-corrected chi connectivity index (χ2v) is 6.61. The Morgan fingerprint density at radius 2 is 1.32 bits per heavy atom. The first-order valence-electron chi connectivity index (χ1n) is 8.77. The molecule has 0 amide bonds. The van der Waals surface area contributed by atoms with E-state index in [0.717, 1.165) is 12.8 Å². The lowest BCUT2D eigenvalue weighted by molar-refractivity contribution is 0.747. The van der Waals surface area contributed by atoms with Crippen LogP contribution in [0.2, 0.25) is 0 Å². The Labute approximate surface area is 155 Å². The van der Waals surface area contributed by atoms with E-state index in [4.69, 9.17) is 11.6 Å². The van der Waals surface area contributed by atoms with Crippen LogP contribution in [0.15, 0.2) is 96.6 Å². The summed E-state index contributed by atoms with van der Waals surface area (Å²) in [6.07, 6.45) is 4.21. The third-order valence-electron chi connectivity index (χ3n) is 4.45. The molecule has 0 nitrogen and oxygen atoms in total. The van der Waals surface area contributed by atoms with Gasteiger partial charge in [-0.05, 0) is 29.5 Å². The number of rotatable bonds is 7. The van der Waals surface area contributed by atoms with Gasteiger partial charge < -0.3 is 0 Å². The molecular formula is C24H23Cl. The van der Waals surface area contributed by atoms with Crippen molar-refractivity contribution < 1.29 is 0 Å². The van der Waals surface area contributed by atoms with Crippen molar-refractivity contribution in [3.63, 3.8) is 0 Å². The van der Waals surface area contributed by atoms with Crippen LogP contribution < -0.4 is 0 Å². The third kappa shape index (κ3) is 5.08. The SMILES string of the molecule is ClCCC(/C(=C\c1ccccc1)Cc1ccccc1)c1ccccc1. The van der Waals surface area contributed by atoms with Crippen LogP contribution in [0.5, 0.6) is 0 Å². The monoisotopic (exact) mass is 346 g/mol. The highest BCUT2D eigenvalue weighted by atomic mass is 35.5. The van der Waals surface area contributed by atoms with Crippen molar-refractivity contribution in [1.29, 1.82) is 0 Å². The van der Waals surface area contributed by atoms with Crippen molar-refractivity contribution in [3.8, 4) is 0 Å². The van der Waals surface area contributed by atoms with Crippen LogP contribution in [0.1, 0.15) is 29.0 Å². The molecule has 0 radical (unpaired) electrons. The average Bonchev–Trinajstić information content (AvgIpc) is 2.68. The number of hydrogen-bond donors (Lipinski definition) is 0. The van der Waals surface area contributed by atoms with E-state index in [0.29, 0.717) is 11.8 Å². The molecular weight excluding hydrogens is 324 g/mol. The molecule has 0 saturated carbocycles. The predicted octanol–water partition coefficient (Wildman–Crippen LogP) is 6.73. The molecule has 0 N–H and O–H groups in total. The molecule has 0 aliphatic heterocycles. The lowest BCUT2D eigenvalue weighted by atomic mass is 9.84. The van der Waals surface area contributed by atoms with Gasteiger partial charge in [-0.1, -0.05) is 103 Å². The van der Waals surface area contributed by atoms with Gasteiger partial charge in [0.1, 0.15) is 0 Å². The fourth-order valence-electron chi connectivity index (χ4n) is 3.23. The Bertz CT molecular complexity index is 776. The van der Waals surface area contributed by atoms with Crippen molar-refractivity contribution >= 4 is 17.7 Å². The van der Waals surface area contributed by atoms with Crippen LogP contribution in [-0.2, 0) is 6.42 Å². The molecule has 1 heteroatoms. The average molecular weight is 347 g/mol. The van der Waals surface area contributed by atoms with Gasteiger partial charge in [0.15, 0.2) is 0 Å². The molecule has 25 heavy (non-hydrogen) atoms. The van der Waals surface area contributed by atoms with E-state index in [1.165, 1.54) is 22.3 Å². The van der Waals surface area contributed by atoms with Crippen LogP contribution in [0.4, 0.5) is 0 Å². The molecule has 1 unspecified atom stereocenters. The molecule has 0 saturated heterocycles.